The van der Waals surface area contributed by atoms with Gasteiger partial charge in [-0.1, -0.05) is 27.5 Å². The summed E-state index contributed by atoms with van der Waals surface area (Å²) in [6, 6.07) is 7.31. The minimum atomic E-state index is -0.0287. The minimum Gasteiger partial charge on any atom is -0.341 e. The number of Topliss-reactive ketones (excluding diaryl/α,β-unsaturated/α-hetero) is 1. The van der Waals surface area contributed by atoms with Crippen molar-refractivity contribution in [2.75, 3.05) is 5.33 Å². The van der Waals surface area contributed by atoms with E-state index < -0.39 is 0 Å². The van der Waals surface area contributed by atoms with Gasteiger partial charge in [-0.05, 0) is 31.2 Å². The van der Waals surface area contributed by atoms with E-state index in [4.69, 9.17) is 11.6 Å². The van der Waals surface area contributed by atoms with Crippen molar-refractivity contribution in [3.63, 3.8) is 0 Å². The molecule has 0 saturated heterocycles. The summed E-state index contributed by atoms with van der Waals surface area (Å²) < 4.78 is 0. The third kappa shape index (κ3) is 2.58. The highest BCUT2D eigenvalue weighted by atomic mass is 79.9. The Kier molecular flexibility index (Phi) is 3.64. The molecule has 0 aliphatic rings. The van der Waals surface area contributed by atoms with Gasteiger partial charge in [0.15, 0.2) is 5.78 Å². The van der Waals surface area contributed by atoms with Crippen molar-refractivity contribution in [2.45, 2.75) is 6.92 Å². The Morgan fingerprint density at radius 1 is 1.41 bits per heavy atom. The molecule has 0 radical (unpaired) electrons. The van der Waals surface area contributed by atoms with Gasteiger partial charge in [-0.15, -0.1) is 0 Å². The van der Waals surface area contributed by atoms with E-state index in [1.807, 2.05) is 19.1 Å². The van der Waals surface area contributed by atoms with Crippen molar-refractivity contribution in [2.24, 2.45) is 0 Å². The van der Waals surface area contributed by atoms with Crippen molar-refractivity contribution in [3.05, 3.63) is 40.7 Å². The van der Waals surface area contributed by atoms with Gasteiger partial charge in [-0.3, -0.25) is 4.79 Å². The first-order chi connectivity index (χ1) is 8.11. The molecule has 1 aromatic heterocycles. The van der Waals surface area contributed by atoms with Crippen LogP contribution >= 0.6 is 27.5 Å². The summed E-state index contributed by atoms with van der Waals surface area (Å²) in [5, 5.41) is 0.951. The molecule has 3 nitrogen and oxygen atoms in total. The van der Waals surface area contributed by atoms with Crippen molar-refractivity contribution >= 4 is 33.3 Å². The highest BCUT2D eigenvalue weighted by molar-refractivity contribution is 9.09. The largest absolute Gasteiger partial charge is 0.341 e. The first kappa shape index (κ1) is 12.3. The molecule has 0 spiro atoms. The molecule has 0 unspecified atom stereocenters. The maximum Gasteiger partial charge on any atom is 0.193 e. The fourth-order valence-corrected chi connectivity index (χ4v) is 1.93. The van der Waals surface area contributed by atoms with Gasteiger partial charge in [0.2, 0.25) is 0 Å². The number of carbonyl (C=O) groups excluding carboxylic acids is 1. The molecule has 1 aromatic carbocycles. The van der Waals surface area contributed by atoms with Gasteiger partial charge >= 0.3 is 0 Å². The molecule has 0 aliphatic heterocycles. The van der Waals surface area contributed by atoms with Gasteiger partial charge in [-0.2, -0.15) is 0 Å². The molecule has 2 aromatic rings. The Labute approximate surface area is 112 Å². The van der Waals surface area contributed by atoms with Crippen molar-refractivity contribution in [1.29, 1.82) is 0 Å². The van der Waals surface area contributed by atoms with Crippen LogP contribution in [-0.4, -0.2) is 21.1 Å². The lowest BCUT2D eigenvalue weighted by atomic mass is 10.2. The van der Waals surface area contributed by atoms with Crippen molar-refractivity contribution in [1.82, 2.24) is 9.97 Å². The standard InChI is InChI=1S/C12H10BrClN2O/c1-7-11(10(17)6-13)16-12(15-7)8-2-4-9(14)5-3-8/h2-5H,6H2,1H3,(H,15,16). The lowest BCUT2D eigenvalue weighted by molar-refractivity contribution is 0.101. The number of ketones is 1. The topological polar surface area (TPSA) is 45.8 Å². The van der Waals surface area contributed by atoms with Crippen LogP contribution in [0.4, 0.5) is 0 Å². The molecule has 2 rings (SSSR count). The van der Waals surface area contributed by atoms with E-state index in [-0.39, 0.29) is 11.1 Å². The first-order valence-corrected chi connectivity index (χ1v) is 6.53. The first-order valence-electron chi connectivity index (χ1n) is 5.03. The quantitative estimate of drug-likeness (QED) is 0.695. The summed E-state index contributed by atoms with van der Waals surface area (Å²) in [4.78, 5) is 19.0. The molecule has 0 aliphatic carbocycles. The third-order valence-corrected chi connectivity index (χ3v) is 3.15. The van der Waals surface area contributed by atoms with Crippen molar-refractivity contribution < 1.29 is 4.79 Å². The zero-order valence-electron chi connectivity index (χ0n) is 9.13. The van der Waals surface area contributed by atoms with Gasteiger partial charge < -0.3 is 4.98 Å². The Hall–Kier alpha value is -1.13. The zero-order chi connectivity index (χ0) is 12.4. The summed E-state index contributed by atoms with van der Waals surface area (Å²) >= 11 is 8.96. The molecule has 0 bridgehead atoms. The molecule has 0 fully saturated rings. The molecule has 0 saturated carbocycles. The predicted octanol–water partition coefficient (Wildman–Crippen LogP) is 3.62. The van der Waals surface area contributed by atoms with Gasteiger partial charge in [-0.25, -0.2) is 4.98 Å². The number of H-pyrrole nitrogens is 1. The maximum atomic E-state index is 11.6. The van der Waals surface area contributed by atoms with Crippen molar-refractivity contribution in [3.8, 4) is 11.4 Å². The number of hydrogen-bond acceptors (Lipinski definition) is 2. The van der Waals surface area contributed by atoms with Crippen LogP contribution in [0.25, 0.3) is 11.4 Å². The Bertz CT molecular complexity index is 548. The number of nitrogens with zero attached hydrogens (tertiary/aromatic N) is 1. The zero-order valence-corrected chi connectivity index (χ0v) is 11.5. The Balaban J connectivity index is 2.41. The lowest BCUT2D eigenvalue weighted by Gasteiger charge is -1.95. The fourth-order valence-electron chi connectivity index (χ4n) is 1.54. The van der Waals surface area contributed by atoms with E-state index in [0.29, 0.717) is 16.5 Å². The van der Waals surface area contributed by atoms with Crippen LogP contribution in [0.1, 0.15) is 16.2 Å². The van der Waals surface area contributed by atoms with Gasteiger partial charge in [0.1, 0.15) is 11.5 Å². The molecular weight excluding hydrogens is 304 g/mol. The number of halogens is 2. The van der Waals surface area contributed by atoms with Crippen LogP contribution in [0.2, 0.25) is 5.02 Å². The molecule has 5 heteroatoms. The normalized spacial score (nSPS) is 10.5. The number of alkyl halides is 1. The van der Waals surface area contributed by atoms with E-state index in [2.05, 4.69) is 25.9 Å². The van der Waals surface area contributed by atoms with Crippen LogP contribution < -0.4 is 0 Å². The number of carbonyl (C=O) groups is 1. The Morgan fingerprint density at radius 2 is 2.06 bits per heavy atom. The SMILES string of the molecule is Cc1[nH]c(-c2ccc(Cl)cc2)nc1C(=O)CBr. The summed E-state index contributed by atoms with van der Waals surface area (Å²) in [5.41, 5.74) is 2.16. The summed E-state index contributed by atoms with van der Waals surface area (Å²) in [6.07, 6.45) is 0. The molecule has 0 atom stereocenters. The van der Waals surface area contributed by atoms with E-state index >= 15 is 0 Å². The number of aromatic amines is 1. The van der Waals surface area contributed by atoms with Gasteiger partial charge in [0, 0.05) is 16.3 Å². The highest BCUT2D eigenvalue weighted by Crippen LogP contribution is 2.20. The summed E-state index contributed by atoms with van der Waals surface area (Å²) in [6.45, 7) is 1.84. The maximum absolute atomic E-state index is 11.6. The average Bonchev–Trinajstić information content (AvgIpc) is 2.71. The van der Waals surface area contributed by atoms with Gasteiger partial charge in [0.25, 0.3) is 0 Å². The number of hydrogen-bond donors (Lipinski definition) is 1. The number of aromatic nitrogens is 2. The predicted molar refractivity (Wildman–Crippen MR) is 71.9 cm³/mol. The van der Waals surface area contributed by atoms with Crippen LogP contribution in [-0.2, 0) is 0 Å². The second kappa shape index (κ2) is 5.02. The second-order valence-electron chi connectivity index (χ2n) is 3.62. The molecule has 0 amide bonds. The van der Waals surface area contributed by atoms with Crippen LogP contribution in [0.15, 0.2) is 24.3 Å². The Morgan fingerprint density at radius 3 is 2.65 bits per heavy atom. The molecule has 17 heavy (non-hydrogen) atoms. The van der Waals surface area contributed by atoms with Gasteiger partial charge in [0.05, 0.1) is 5.33 Å². The molecule has 88 valence electrons. The number of imidazole rings is 1. The second-order valence-corrected chi connectivity index (χ2v) is 4.62. The van der Waals surface area contributed by atoms with E-state index in [1.54, 1.807) is 12.1 Å². The number of aryl methyl sites for hydroxylation is 1. The third-order valence-electron chi connectivity index (χ3n) is 2.39. The summed E-state index contributed by atoms with van der Waals surface area (Å²) in [5.74, 6) is 0.655. The molecule has 1 heterocycles. The van der Waals surface area contributed by atoms with E-state index in [1.165, 1.54) is 0 Å². The smallest absolute Gasteiger partial charge is 0.193 e. The molecular formula is C12H10BrClN2O. The number of nitrogens with one attached hydrogen (secondary N) is 1. The number of rotatable bonds is 3. The van der Waals surface area contributed by atoms with Crippen LogP contribution in [0.5, 0.6) is 0 Å². The average molecular weight is 314 g/mol. The fraction of sp³-hybridized carbons (Fsp3) is 0.167. The highest BCUT2D eigenvalue weighted by Gasteiger charge is 2.14. The lowest BCUT2D eigenvalue weighted by Crippen LogP contribution is -2.02. The van der Waals surface area contributed by atoms with E-state index in [0.717, 1.165) is 11.3 Å². The summed E-state index contributed by atoms with van der Waals surface area (Å²) in [7, 11) is 0. The number of benzene rings is 1. The monoisotopic (exact) mass is 312 g/mol. The van der Waals surface area contributed by atoms with Crippen LogP contribution in [0, 0.1) is 6.92 Å². The minimum absolute atomic E-state index is 0.0287. The van der Waals surface area contributed by atoms with Crippen LogP contribution in [0.3, 0.4) is 0 Å². The molecule has 1 N–H and O–H groups in total. The van der Waals surface area contributed by atoms with E-state index in [9.17, 15) is 4.79 Å².